The Morgan fingerprint density at radius 2 is 2.11 bits per heavy atom. The van der Waals surface area contributed by atoms with E-state index in [4.69, 9.17) is 16.3 Å². The van der Waals surface area contributed by atoms with Crippen LogP contribution >= 0.6 is 11.6 Å². The molecule has 2 unspecified atom stereocenters. The van der Waals surface area contributed by atoms with Gasteiger partial charge in [0.2, 0.25) is 0 Å². The van der Waals surface area contributed by atoms with Crippen molar-refractivity contribution in [3.8, 4) is 5.75 Å². The molecule has 0 bridgehead atoms. The van der Waals surface area contributed by atoms with Gasteiger partial charge in [-0.3, -0.25) is 0 Å². The van der Waals surface area contributed by atoms with Gasteiger partial charge in [-0.25, -0.2) is 4.39 Å². The fourth-order valence-electron chi connectivity index (χ4n) is 3.14. The van der Waals surface area contributed by atoms with Crippen molar-refractivity contribution in [2.75, 3.05) is 7.11 Å². The highest BCUT2D eigenvalue weighted by Gasteiger charge is 2.38. The molecule has 2 atom stereocenters. The molecule has 0 N–H and O–H groups in total. The molecule has 1 saturated carbocycles. The second-order valence-corrected chi connectivity index (χ2v) is 6.60. The van der Waals surface area contributed by atoms with Gasteiger partial charge in [-0.1, -0.05) is 32.8 Å². The van der Waals surface area contributed by atoms with Crippen LogP contribution in [0.15, 0.2) is 18.2 Å². The molecule has 2 rings (SSSR count). The third-order valence-electron chi connectivity index (χ3n) is 4.45. The number of halogens is 2. The average Bonchev–Trinajstić information content (AvgIpc) is 2.37. The summed E-state index contributed by atoms with van der Waals surface area (Å²) < 4.78 is 19.2. The van der Waals surface area contributed by atoms with Crippen molar-refractivity contribution >= 4 is 11.6 Å². The van der Waals surface area contributed by atoms with E-state index in [2.05, 4.69) is 13.8 Å². The standard InChI is InChI=1S/C16H22ClFO/c1-16(2)9-5-4-6-13(16)15(17)12-8-7-11(19-3)10-14(12)18/h7-8,10,13,15H,4-6,9H2,1-3H3. The Kier molecular flexibility index (Phi) is 4.39. The topological polar surface area (TPSA) is 9.23 Å². The molecule has 19 heavy (non-hydrogen) atoms. The maximum Gasteiger partial charge on any atom is 0.131 e. The van der Waals surface area contributed by atoms with Gasteiger partial charge in [0.15, 0.2) is 0 Å². The number of hydrogen-bond acceptors (Lipinski definition) is 1. The lowest BCUT2D eigenvalue weighted by molar-refractivity contribution is 0.132. The Labute approximate surface area is 120 Å². The van der Waals surface area contributed by atoms with Crippen LogP contribution in [0, 0.1) is 17.2 Å². The van der Waals surface area contributed by atoms with E-state index in [1.54, 1.807) is 12.1 Å². The summed E-state index contributed by atoms with van der Waals surface area (Å²) in [5.41, 5.74) is 0.777. The van der Waals surface area contributed by atoms with Gasteiger partial charge in [0.25, 0.3) is 0 Å². The largest absolute Gasteiger partial charge is 0.497 e. The SMILES string of the molecule is COc1ccc(C(Cl)C2CCCCC2(C)C)c(F)c1. The smallest absolute Gasteiger partial charge is 0.131 e. The summed E-state index contributed by atoms with van der Waals surface area (Å²) in [5.74, 6) is 0.597. The zero-order valence-electron chi connectivity index (χ0n) is 11.9. The van der Waals surface area contributed by atoms with Gasteiger partial charge in [-0.05, 0) is 30.2 Å². The average molecular weight is 285 g/mol. The molecule has 1 aliphatic carbocycles. The lowest BCUT2D eigenvalue weighted by Gasteiger charge is -2.41. The Morgan fingerprint density at radius 1 is 1.37 bits per heavy atom. The molecule has 3 heteroatoms. The van der Waals surface area contributed by atoms with E-state index < -0.39 is 0 Å². The number of alkyl halides is 1. The predicted molar refractivity (Wildman–Crippen MR) is 77.3 cm³/mol. The quantitative estimate of drug-likeness (QED) is 0.682. The van der Waals surface area contributed by atoms with E-state index in [0.717, 1.165) is 6.42 Å². The highest BCUT2D eigenvalue weighted by atomic mass is 35.5. The number of methoxy groups -OCH3 is 1. The fourth-order valence-corrected chi connectivity index (χ4v) is 3.78. The Morgan fingerprint density at radius 3 is 2.68 bits per heavy atom. The molecule has 1 fully saturated rings. The van der Waals surface area contributed by atoms with Crippen LogP contribution in [0.25, 0.3) is 0 Å². The summed E-state index contributed by atoms with van der Waals surface area (Å²) in [6.45, 7) is 4.49. The van der Waals surface area contributed by atoms with Gasteiger partial charge in [-0.2, -0.15) is 0 Å². The number of benzene rings is 1. The minimum atomic E-state index is -0.263. The number of hydrogen-bond donors (Lipinski definition) is 0. The van der Waals surface area contributed by atoms with Crippen molar-refractivity contribution in [1.82, 2.24) is 0 Å². The highest BCUT2D eigenvalue weighted by Crippen LogP contribution is 2.49. The second kappa shape index (κ2) is 5.70. The monoisotopic (exact) mass is 284 g/mol. The van der Waals surface area contributed by atoms with Crippen LogP contribution in [0.3, 0.4) is 0 Å². The summed E-state index contributed by atoms with van der Waals surface area (Å²) in [7, 11) is 1.54. The van der Waals surface area contributed by atoms with Gasteiger partial charge < -0.3 is 4.74 Å². The van der Waals surface area contributed by atoms with Gasteiger partial charge in [0.05, 0.1) is 12.5 Å². The van der Waals surface area contributed by atoms with Crippen molar-refractivity contribution in [2.45, 2.75) is 44.9 Å². The summed E-state index contributed by atoms with van der Waals surface area (Å²) in [6.07, 6.45) is 4.68. The fraction of sp³-hybridized carbons (Fsp3) is 0.625. The molecule has 0 aliphatic heterocycles. The summed E-state index contributed by atoms with van der Waals surface area (Å²) in [6, 6.07) is 4.96. The molecule has 1 nitrogen and oxygen atoms in total. The van der Waals surface area contributed by atoms with E-state index in [1.807, 2.05) is 0 Å². The minimum Gasteiger partial charge on any atom is -0.497 e. The molecular weight excluding hydrogens is 263 g/mol. The second-order valence-electron chi connectivity index (χ2n) is 6.13. The maximum absolute atomic E-state index is 14.1. The third-order valence-corrected chi connectivity index (χ3v) is 4.99. The van der Waals surface area contributed by atoms with Crippen molar-refractivity contribution in [1.29, 1.82) is 0 Å². The molecule has 1 aromatic carbocycles. The van der Waals surface area contributed by atoms with E-state index in [1.165, 1.54) is 32.4 Å². The lowest BCUT2D eigenvalue weighted by Crippen LogP contribution is -2.31. The predicted octanol–water partition coefficient (Wildman–Crippen LogP) is 5.33. The van der Waals surface area contributed by atoms with E-state index >= 15 is 0 Å². The molecule has 0 saturated heterocycles. The molecule has 0 amide bonds. The van der Waals surface area contributed by atoms with Crippen LogP contribution in [0.5, 0.6) is 5.75 Å². The van der Waals surface area contributed by atoms with Crippen LogP contribution in [0.1, 0.15) is 50.5 Å². The van der Waals surface area contributed by atoms with Crippen molar-refractivity contribution in [3.05, 3.63) is 29.6 Å². The lowest BCUT2D eigenvalue weighted by atomic mass is 9.66. The number of rotatable bonds is 3. The van der Waals surface area contributed by atoms with Crippen LogP contribution in [0.2, 0.25) is 0 Å². The van der Waals surface area contributed by atoms with Gasteiger partial charge in [0.1, 0.15) is 11.6 Å². The minimum absolute atomic E-state index is 0.178. The first-order valence-corrected chi connectivity index (χ1v) is 7.37. The van der Waals surface area contributed by atoms with E-state index in [0.29, 0.717) is 17.2 Å². The summed E-state index contributed by atoms with van der Waals surface area (Å²) >= 11 is 6.59. The Bertz CT molecular complexity index is 444. The van der Waals surface area contributed by atoms with Crippen molar-refractivity contribution in [3.63, 3.8) is 0 Å². The highest BCUT2D eigenvalue weighted by molar-refractivity contribution is 6.21. The first kappa shape index (κ1) is 14.6. The molecule has 0 aromatic heterocycles. The summed E-state index contributed by atoms with van der Waals surface area (Å²) in [4.78, 5) is 0. The van der Waals surface area contributed by atoms with Crippen LogP contribution < -0.4 is 4.74 Å². The molecule has 0 spiro atoms. The molecule has 0 radical (unpaired) electrons. The zero-order chi connectivity index (χ0) is 14.0. The zero-order valence-corrected chi connectivity index (χ0v) is 12.6. The molecular formula is C16H22ClFO. The van der Waals surface area contributed by atoms with Gasteiger partial charge in [0, 0.05) is 11.6 Å². The van der Waals surface area contributed by atoms with E-state index in [-0.39, 0.29) is 16.6 Å². The molecule has 0 heterocycles. The van der Waals surface area contributed by atoms with Gasteiger partial charge in [-0.15, -0.1) is 11.6 Å². The normalized spacial score (nSPS) is 23.9. The number of ether oxygens (including phenoxy) is 1. The van der Waals surface area contributed by atoms with Crippen molar-refractivity contribution < 1.29 is 9.13 Å². The van der Waals surface area contributed by atoms with Crippen LogP contribution in [0.4, 0.5) is 4.39 Å². The van der Waals surface area contributed by atoms with Crippen LogP contribution in [-0.4, -0.2) is 7.11 Å². The summed E-state index contributed by atoms with van der Waals surface area (Å²) in [5, 5.41) is -0.263. The maximum atomic E-state index is 14.1. The van der Waals surface area contributed by atoms with Crippen molar-refractivity contribution in [2.24, 2.45) is 11.3 Å². The molecule has 106 valence electrons. The van der Waals surface area contributed by atoms with Crippen LogP contribution in [-0.2, 0) is 0 Å². The molecule has 1 aliphatic rings. The van der Waals surface area contributed by atoms with E-state index in [9.17, 15) is 4.39 Å². The molecule has 1 aromatic rings. The third kappa shape index (κ3) is 3.05. The Hall–Kier alpha value is -0.760. The first-order chi connectivity index (χ1) is 8.95. The van der Waals surface area contributed by atoms with Gasteiger partial charge >= 0.3 is 0 Å². The Balaban J connectivity index is 2.25. The first-order valence-electron chi connectivity index (χ1n) is 6.93.